The Balaban J connectivity index is 1.34. The molecule has 0 amide bonds. The summed E-state index contributed by atoms with van der Waals surface area (Å²) in [7, 11) is 0. The molecule has 2 aromatic carbocycles. The molecule has 1 fully saturated rings. The summed E-state index contributed by atoms with van der Waals surface area (Å²) in [6, 6.07) is 12.3. The minimum absolute atomic E-state index is 0.0763. The van der Waals surface area contributed by atoms with Gasteiger partial charge in [0.15, 0.2) is 5.76 Å². The Bertz CT molecular complexity index is 1300. The first kappa shape index (κ1) is 27.6. The minimum Gasteiger partial charge on any atom is -0.490 e. The number of nitrogens with zero attached hydrogens (tertiary/aromatic N) is 2. The maximum absolute atomic E-state index is 12.3. The lowest BCUT2D eigenvalue weighted by Gasteiger charge is -2.29. The molecule has 0 spiro atoms. The lowest BCUT2D eigenvalue weighted by atomic mass is 9.87. The van der Waals surface area contributed by atoms with Crippen molar-refractivity contribution in [2.45, 2.75) is 65.3 Å². The van der Waals surface area contributed by atoms with Gasteiger partial charge in [-0.15, -0.1) is 0 Å². The summed E-state index contributed by atoms with van der Waals surface area (Å²) in [6.45, 7) is 5.27. The number of hydrogen-bond acceptors (Lipinski definition) is 10. The van der Waals surface area contributed by atoms with E-state index in [-0.39, 0.29) is 42.1 Å². The van der Waals surface area contributed by atoms with Crippen molar-refractivity contribution in [3.8, 4) is 22.8 Å². The van der Waals surface area contributed by atoms with Crippen LogP contribution in [0.2, 0.25) is 0 Å². The second kappa shape index (κ2) is 12.4. The molecular formula is C28H30N2O9. The van der Waals surface area contributed by atoms with Crippen LogP contribution in [0.5, 0.6) is 11.5 Å². The Kier molecular flexibility index (Phi) is 8.80. The summed E-state index contributed by atoms with van der Waals surface area (Å²) < 4.78 is 27.3. The predicted molar refractivity (Wildman–Crippen MR) is 138 cm³/mol. The number of non-ortho nitro benzene ring substituents is 1. The number of ether oxygens (including phenoxy) is 4. The van der Waals surface area contributed by atoms with E-state index in [9.17, 15) is 19.7 Å². The van der Waals surface area contributed by atoms with Crippen molar-refractivity contribution in [1.82, 2.24) is 5.16 Å². The van der Waals surface area contributed by atoms with Crippen molar-refractivity contribution < 1.29 is 38.0 Å². The standard InChI is InChI=1S/C28H30N2O9/c1-17(2)36-27(31)20-5-4-6-24(15-20)37-22-11-7-19(8-12-22)26-25(18(3)29-39-26)16-35-28(32)38-23-13-9-21(10-14-23)30(33)34/h7-14,17,20,24H,4-6,15-16H2,1-3H3. The number of nitro benzene ring substituents is 1. The molecule has 39 heavy (non-hydrogen) atoms. The Hall–Kier alpha value is -4.41. The van der Waals surface area contributed by atoms with Gasteiger partial charge in [0.25, 0.3) is 5.69 Å². The van der Waals surface area contributed by atoms with Gasteiger partial charge in [0.1, 0.15) is 18.1 Å². The zero-order valence-corrected chi connectivity index (χ0v) is 22.0. The Morgan fingerprint density at radius 3 is 2.44 bits per heavy atom. The molecule has 4 rings (SSSR count). The number of nitro groups is 1. The van der Waals surface area contributed by atoms with Crippen LogP contribution in [0.3, 0.4) is 0 Å². The normalized spacial score (nSPS) is 16.9. The topological polar surface area (TPSA) is 140 Å². The molecule has 0 saturated heterocycles. The van der Waals surface area contributed by atoms with Gasteiger partial charge in [-0.05, 0) is 82.9 Å². The molecule has 1 aliphatic rings. The highest BCUT2D eigenvalue weighted by atomic mass is 16.7. The fraction of sp³-hybridized carbons (Fsp3) is 0.393. The van der Waals surface area contributed by atoms with E-state index in [4.69, 9.17) is 23.5 Å². The van der Waals surface area contributed by atoms with Crippen molar-refractivity contribution in [3.63, 3.8) is 0 Å². The van der Waals surface area contributed by atoms with Gasteiger partial charge in [0.05, 0.1) is 34.3 Å². The van der Waals surface area contributed by atoms with Gasteiger partial charge in [-0.25, -0.2) is 4.79 Å². The number of carbonyl (C=O) groups excluding carboxylic acids is 2. The van der Waals surface area contributed by atoms with Crippen LogP contribution in [0, 0.1) is 23.0 Å². The predicted octanol–water partition coefficient (Wildman–Crippen LogP) is 6.16. The molecular weight excluding hydrogens is 508 g/mol. The summed E-state index contributed by atoms with van der Waals surface area (Å²) in [5.41, 5.74) is 1.72. The highest BCUT2D eigenvalue weighted by molar-refractivity contribution is 5.72. The van der Waals surface area contributed by atoms with Crippen LogP contribution in [0.1, 0.15) is 50.8 Å². The van der Waals surface area contributed by atoms with Crippen LogP contribution in [-0.2, 0) is 20.9 Å². The summed E-state index contributed by atoms with van der Waals surface area (Å²) in [4.78, 5) is 34.7. The zero-order chi connectivity index (χ0) is 27.9. The van der Waals surface area contributed by atoms with Crippen molar-refractivity contribution in [2.24, 2.45) is 5.92 Å². The van der Waals surface area contributed by atoms with Gasteiger partial charge in [0, 0.05) is 17.7 Å². The Morgan fingerprint density at radius 1 is 1.08 bits per heavy atom. The number of esters is 1. The van der Waals surface area contributed by atoms with E-state index in [1.165, 1.54) is 24.3 Å². The summed E-state index contributed by atoms with van der Waals surface area (Å²) in [5.74, 6) is 0.904. The molecule has 1 saturated carbocycles. The monoisotopic (exact) mass is 538 g/mol. The van der Waals surface area contributed by atoms with Crippen molar-refractivity contribution in [1.29, 1.82) is 0 Å². The van der Waals surface area contributed by atoms with E-state index in [0.717, 1.165) is 19.3 Å². The Morgan fingerprint density at radius 2 is 1.77 bits per heavy atom. The van der Waals surface area contributed by atoms with Crippen molar-refractivity contribution >= 4 is 17.8 Å². The molecule has 3 aromatic rings. The van der Waals surface area contributed by atoms with E-state index in [1.54, 1.807) is 6.92 Å². The maximum Gasteiger partial charge on any atom is 0.514 e. The minimum atomic E-state index is -0.970. The van der Waals surface area contributed by atoms with Gasteiger partial charge >= 0.3 is 12.1 Å². The molecule has 0 radical (unpaired) electrons. The third kappa shape index (κ3) is 7.34. The van der Waals surface area contributed by atoms with Gasteiger partial charge < -0.3 is 23.5 Å². The molecule has 0 aliphatic heterocycles. The lowest BCUT2D eigenvalue weighted by Crippen LogP contribution is -2.31. The van der Waals surface area contributed by atoms with E-state index < -0.39 is 11.1 Å². The fourth-order valence-electron chi connectivity index (χ4n) is 4.35. The second-order valence-electron chi connectivity index (χ2n) is 9.58. The molecule has 0 N–H and O–H groups in total. The van der Waals surface area contributed by atoms with Gasteiger partial charge in [-0.2, -0.15) is 0 Å². The molecule has 0 bridgehead atoms. The Labute approximate surface area is 225 Å². The third-order valence-electron chi connectivity index (χ3n) is 6.30. The summed E-state index contributed by atoms with van der Waals surface area (Å²) >= 11 is 0. The average Bonchev–Trinajstić information content (AvgIpc) is 3.28. The second-order valence-corrected chi connectivity index (χ2v) is 9.58. The van der Waals surface area contributed by atoms with Gasteiger partial charge in [-0.1, -0.05) is 5.16 Å². The smallest absolute Gasteiger partial charge is 0.490 e. The van der Waals surface area contributed by atoms with Crippen LogP contribution in [0.15, 0.2) is 53.1 Å². The molecule has 206 valence electrons. The van der Waals surface area contributed by atoms with Crippen LogP contribution in [0.4, 0.5) is 10.5 Å². The lowest BCUT2D eigenvalue weighted by molar-refractivity contribution is -0.384. The van der Waals surface area contributed by atoms with E-state index in [1.807, 2.05) is 38.1 Å². The molecule has 1 heterocycles. The molecule has 1 aliphatic carbocycles. The number of hydrogen-bond donors (Lipinski definition) is 0. The number of aryl methyl sites for hydroxylation is 1. The fourth-order valence-corrected chi connectivity index (χ4v) is 4.35. The van der Waals surface area contributed by atoms with Crippen LogP contribution in [-0.4, -0.2) is 34.4 Å². The van der Waals surface area contributed by atoms with Crippen LogP contribution in [0.25, 0.3) is 11.3 Å². The van der Waals surface area contributed by atoms with Crippen molar-refractivity contribution in [2.75, 3.05) is 0 Å². The quantitative estimate of drug-likeness (QED) is 0.134. The molecule has 11 heteroatoms. The largest absolute Gasteiger partial charge is 0.514 e. The van der Waals surface area contributed by atoms with Crippen LogP contribution >= 0.6 is 0 Å². The zero-order valence-electron chi connectivity index (χ0n) is 22.0. The van der Waals surface area contributed by atoms with E-state index >= 15 is 0 Å². The first-order valence-corrected chi connectivity index (χ1v) is 12.7. The maximum atomic E-state index is 12.3. The van der Waals surface area contributed by atoms with Gasteiger partial charge in [-0.3, -0.25) is 14.9 Å². The average molecular weight is 539 g/mol. The summed E-state index contributed by atoms with van der Waals surface area (Å²) in [6.07, 6.45) is 2.00. The SMILES string of the molecule is Cc1noc(-c2ccc(OC3CCCC(C(=O)OC(C)C)C3)cc2)c1COC(=O)Oc1ccc([N+](=O)[O-])cc1. The molecule has 11 nitrogen and oxygen atoms in total. The number of carbonyl (C=O) groups is 2. The van der Waals surface area contributed by atoms with E-state index in [0.29, 0.717) is 34.8 Å². The van der Waals surface area contributed by atoms with E-state index in [2.05, 4.69) is 5.16 Å². The first-order chi connectivity index (χ1) is 18.7. The molecule has 2 atom stereocenters. The highest BCUT2D eigenvalue weighted by Gasteiger charge is 2.30. The first-order valence-electron chi connectivity index (χ1n) is 12.7. The third-order valence-corrected chi connectivity index (χ3v) is 6.30. The highest BCUT2D eigenvalue weighted by Crippen LogP contribution is 2.32. The van der Waals surface area contributed by atoms with Gasteiger partial charge in [0.2, 0.25) is 0 Å². The molecule has 1 aromatic heterocycles. The summed E-state index contributed by atoms with van der Waals surface area (Å²) in [5, 5.41) is 14.8. The number of aromatic nitrogens is 1. The van der Waals surface area contributed by atoms with Crippen LogP contribution < -0.4 is 9.47 Å². The molecule has 2 unspecified atom stereocenters. The number of rotatable bonds is 9. The number of benzene rings is 2. The van der Waals surface area contributed by atoms with Crippen molar-refractivity contribution in [3.05, 3.63) is 69.9 Å².